The van der Waals surface area contributed by atoms with Crippen LogP contribution in [0.25, 0.3) is 51.4 Å². The summed E-state index contributed by atoms with van der Waals surface area (Å²) in [5.74, 6) is -76.1. The van der Waals surface area contributed by atoms with E-state index in [1.165, 1.54) is 24.3 Å². The lowest BCUT2D eigenvalue weighted by Crippen LogP contribution is -2.69. The van der Waals surface area contributed by atoms with Crippen molar-refractivity contribution in [1.82, 2.24) is 8.75 Å². The summed E-state index contributed by atoms with van der Waals surface area (Å²) in [6.45, 7) is 0. The molecule has 0 fully saturated rings. The quantitative estimate of drug-likeness (QED) is 0.102. The van der Waals surface area contributed by atoms with Crippen molar-refractivity contribution in [2.75, 3.05) is 0 Å². The highest BCUT2D eigenvalue weighted by atomic mass is 32.1. The van der Waals surface area contributed by atoms with Crippen LogP contribution < -0.4 is 0 Å². The monoisotopic (exact) mass is 1100 g/mol. The summed E-state index contributed by atoms with van der Waals surface area (Å²) in [5.41, 5.74) is 0.416. The number of alkyl halides is 26. The van der Waals surface area contributed by atoms with Gasteiger partial charge in [0, 0.05) is 40.4 Å². The topological polar surface area (TPSA) is 25.8 Å². The molecule has 0 saturated heterocycles. The molecule has 33 heteroatoms. The van der Waals surface area contributed by atoms with E-state index in [4.69, 9.17) is 0 Å². The zero-order chi connectivity index (χ0) is 50.9. The zero-order valence-electron chi connectivity index (χ0n) is 30.5. The van der Waals surface area contributed by atoms with Gasteiger partial charge in [-0.2, -0.15) is 123 Å². The maximum Gasteiger partial charge on any atom is 0.460 e. The Morgan fingerprint density at radius 1 is 0.269 bits per heavy atom. The van der Waals surface area contributed by atoms with Crippen LogP contribution in [0.3, 0.4) is 0 Å². The summed E-state index contributed by atoms with van der Waals surface area (Å²) < 4.78 is 365. The van der Waals surface area contributed by atoms with E-state index < -0.39 is 114 Å². The largest absolute Gasteiger partial charge is 0.460 e. The number of benzene rings is 1. The Morgan fingerprint density at radius 3 is 0.821 bits per heavy atom. The normalized spacial score (nSPS) is 15.0. The Hall–Kier alpha value is -3.98. The van der Waals surface area contributed by atoms with Crippen LogP contribution in [0.4, 0.5) is 114 Å². The summed E-state index contributed by atoms with van der Waals surface area (Å²) in [5, 5.41) is 0. The van der Waals surface area contributed by atoms with Crippen molar-refractivity contribution in [2.24, 2.45) is 0 Å². The van der Waals surface area contributed by atoms with Gasteiger partial charge < -0.3 is 0 Å². The predicted octanol–water partition coefficient (Wildman–Crippen LogP) is 17.0. The van der Waals surface area contributed by atoms with Crippen LogP contribution in [-0.4, -0.2) is 68.5 Å². The van der Waals surface area contributed by atoms with Crippen LogP contribution >= 0.6 is 57.1 Å². The summed E-state index contributed by atoms with van der Waals surface area (Å²) in [7, 11) is 0. The minimum Gasteiger partial charge on any atom is -0.193 e. The first-order chi connectivity index (χ1) is 30.1. The Bertz CT molecular complexity index is 2600. The Labute approximate surface area is 372 Å². The molecule has 368 valence electrons. The van der Waals surface area contributed by atoms with Crippen molar-refractivity contribution in [1.29, 1.82) is 0 Å². The number of halogens is 26. The van der Waals surface area contributed by atoms with Crippen LogP contribution in [0.1, 0.15) is 9.75 Å². The standard InChI is InChI=1S/C34H10F26N2S5/c35-23(36,25(39,40)27(43,44)29(47,48)31(51,52)33(55,56)57)19-9-7-17(65-19)15-5-3-13(63-15)11-1-2-12(22-21(11)61-67-62-22)14-4-6-16(64-14)18-8-10-20(66-18)24(37,38)26(41,42)28(45,46)30(49,50)32(53,54)34(58,59)60/h1-10H. The second-order valence-corrected chi connectivity index (χ2v) is 18.4. The van der Waals surface area contributed by atoms with E-state index >= 15 is 0 Å². The van der Waals surface area contributed by atoms with E-state index in [0.29, 0.717) is 46.5 Å². The van der Waals surface area contributed by atoms with E-state index in [1.807, 2.05) is 0 Å². The zero-order valence-corrected chi connectivity index (χ0v) is 34.6. The van der Waals surface area contributed by atoms with Crippen LogP contribution in [0.15, 0.2) is 60.7 Å². The second-order valence-electron chi connectivity index (χ2n) is 13.5. The van der Waals surface area contributed by atoms with E-state index in [2.05, 4.69) is 8.75 Å². The van der Waals surface area contributed by atoms with Gasteiger partial charge in [0.2, 0.25) is 0 Å². The molecule has 5 aromatic heterocycles. The Morgan fingerprint density at radius 2 is 0.522 bits per heavy atom. The predicted molar refractivity (Wildman–Crippen MR) is 190 cm³/mol. The fourth-order valence-corrected chi connectivity index (χ4v) is 10.5. The maximum absolute atomic E-state index is 14.8. The highest BCUT2D eigenvalue weighted by molar-refractivity contribution is 7.24. The van der Waals surface area contributed by atoms with Gasteiger partial charge in [0.15, 0.2) is 0 Å². The van der Waals surface area contributed by atoms with Gasteiger partial charge in [-0.3, -0.25) is 0 Å². The summed E-state index contributed by atoms with van der Waals surface area (Å²) in [6.07, 6.45) is -15.2. The summed E-state index contributed by atoms with van der Waals surface area (Å²) in [6, 6.07) is 8.57. The number of fused-ring (bicyclic) bond motifs is 1. The third-order valence-corrected chi connectivity index (χ3v) is 14.8. The van der Waals surface area contributed by atoms with Gasteiger partial charge in [0.25, 0.3) is 0 Å². The van der Waals surface area contributed by atoms with Crippen LogP contribution in [0.2, 0.25) is 0 Å². The number of rotatable bonds is 14. The molecule has 6 aromatic rings. The van der Waals surface area contributed by atoms with Crippen molar-refractivity contribution in [3.63, 3.8) is 0 Å². The molecule has 0 aliphatic carbocycles. The molecule has 0 radical (unpaired) electrons. The van der Waals surface area contributed by atoms with Crippen molar-refractivity contribution in [2.45, 2.75) is 71.6 Å². The molecular formula is C34H10F26N2S5. The van der Waals surface area contributed by atoms with Gasteiger partial charge in [0.05, 0.1) is 21.5 Å². The first-order valence-corrected chi connectivity index (χ1v) is 20.7. The van der Waals surface area contributed by atoms with E-state index in [-0.39, 0.29) is 53.8 Å². The molecule has 0 saturated carbocycles. The van der Waals surface area contributed by atoms with Gasteiger partial charge in [-0.15, -0.1) is 45.3 Å². The van der Waals surface area contributed by atoms with Gasteiger partial charge >= 0.3 is 71.6 Å². The third kappa shape index (κ3) is 7.46. The summed E-state index contributed by atoms with van der Waals surface area (Å²) >= 11 is 0.959. The van der Waals surface area contributed by atoms with Gasteiger partial charge in [0.1, 0.15) is 11.0 Å². The van der Waals surface area contributed by atoms with Gasteiger partial charge in [-0.1, -0.05) is 12.1 Å². The molecule has 0 unspecified atom stereocenters. The van der Waals surface area contributed by atoms with Crippen molar-refractivity contribution in [3.8, 4) is 40.4 Å². The highest BCUT2D eigenvalue weighted by Crippen LogP contribution is 2.65. The molecule has 0 spiro atoms. The fourth-order valence-electron chi connectivity index (χ4n) is 5.62. The average molecular weight is 1100 g/mol. The molecule has 0 atom stereocenters. The van der Waals surface area contributed by atoms with E-state index in [1.54, 1.807) is 0 Å². The first kappa shape index (κ1) is 52.4. The molecule has 67 heavy (non-hydrogen) atoms. The number of hydrogen-bond donors (Lipinski definition) is 0. The number of thiophene rings is 4. The Balaban J connectivity index is 1.26. The van der Waals surface area contributed by atoms with Crippen molar-refractivity contribution >= 4 is 68.1 Å². The minimum atomic E-state index is -8.09. The van der Waals surface area contributed by atoms with Crippen LogP contribution in [0.5, 0.6) is 0 Å². The van der Waals surface area contributed by atoms with Crippen molar-refractivity contribution in [3.05, 3.63) is 70.4 Å². The smallest absolute Gasteiger partial charge is 0.193 e. The van der Waals surface area contributed by atoms with Crippen LogP contribution in [0, 0.1) is 0 Å². The third-order valence-electron chi connectivity index (χ3n) is 9.34. The average Bonchev–Trinajstić information content (AvgIpc) is 4.05. The molecule has 2 nitrogen and oxygen atoms in total. The lowest BCUT2D eigenvalue weighted by Gasteiger charge is -2.39. The number of aromatic nitrogens is 2. The number of nitrogens with zero attached hydrogens (tertiary/aromatic N) is 2. The molecule has 5 heterocycles. The minimum absolute atomic E-state index is 0.0000261. The lowest BCUT2D eigenvalue weighted by molar-refractivity contribution is -0.441. The fraction of sp³-hybridized carbons (Fsp3) is 0.353. The molecule has 0 N–H and O–H groups in total. The number of hydrogen-bond acceptors (Lipinski definition) is 7. The lowest BCUT2D eigenvalue weighted by atomic mass is 9.93. The molecular weight excluding hydrogens is 1090 g/mol. The SMILES string of the molecule is FC(F)(F)C(F)(F)C(F)(F)C(F)(F)C(F)(F)C(F)(F)c1ccc(-c2ccc(-c3ccc(-c4ccc(-c5ccc(C(F)(F)C(F)(F)C(F)(F)C(F)(F)C(F)(F)C(F)(F)F)s5)s4)c4nsnc34)s2)s1. The van der Waals surface area contributed by atoms with Crippen LogP contribution in [-0.2, 0) is 11.8 Å². The molecule has 0 aliphatic heterocycles. The first-order valence-electron chi connectivity index (χ1n) is 16.7. The molecule has 0 aliphatic rings. The molecule has 0 amide bonds. The van der Waals surface area contributed by atoms with E-state index in [0.717, 1.165) is 12.1 Å². The van der Waals surface area contributed by atoms with Crippen molar-refractivity contribution < 1.29 is 114 Å². The highest BCUT2D eigenvalue weighted by Gasteiger charge is 2.92. The molecule has 6 rings (SSSR count). The maximum atomic E-state index is 14.8. The molecule has 1 aromatic carbocycles. The molecule has 0 bridgehead atoms. The second kappa shape index (κ2) is 15.8. The summed E-state index contributed by atoms with van der Waals surface area (Å²) in [4.78, 5) is -5.22. The Kier molecular flexibility index (Phi) is 12.3. The van der Waals surface area contributed by atoms with Gasteiger partial charge in [-0.05, 0) is 48.5 Å². The van der Waals surface area contributed by atoms with Gasteiger partial charge in [-0.25, -0.2) is 0 Å². The van der Waals surface area contributed by atoms with E-state index in [9.17, 15) is 114 Å².